The summed E-state index contributed by atoms with van der Waals surface area (Å²) in [5.74, 6) is 0.357. The van der Waals surface area contributed by atoms with E-state index < -0.39 is 0 Å². The molecule has 0 spiro atoms. The van der Waals surface area contributed by atoms with Crippen LogP contribution in [0.1, 0.15) is 36.0 Å². The lowest BCUT2D eigenvalue weighted by molar-refractivity contribution is -0.143. The summed E-state index contributed by atoms with van der Waals surface area (Å²) in [7, 11) is 0. The Hall–Kier alpha value is -2.62. The van der Waals surface area contributed by atoms with Crippen molar-refractivity contribution in [3.8, 4) is 0 Å². The monoisotopic (exact) mass is 376 g/mol. The van der Waals surface area contributed by atoms with E-state index in [2.05, 4.69) is 30.3 Å². The van der Waals surface area contributed by atoms with Crippen LogP contribution in [-0.2, 0) is 29.0 Å². The fourth-order valence-electron chi connectivity index (χ4n) is 4.39. The summed E-state index contributed by atoms with van der Waals surface area (Å²) in [6, 6.07) is 18.8. The van der Waals surface area contributed by atoms with Gasteiger partial charge in [-0.25, -0.2) is 0 Å². The molecule has 4 heteroatoms. The van der Waals surface area contributed by atoms with E-state index in [0.717, 1.165) is 32.4 Å². The summed E-state index contributed by atoms with van der Waals surface area (Å²) in [5.41, 5.74) is 3.91. The first-order valence-corrected chi connectivity index (χ1v) is 10.4. The summed E-state index contributed by atoms with van der Waals surface area (Å²) >= 11 is 0. The highest BCUT2D eigenvalue weighted by Gasteiger charge is 2.33. The third-order valence-corrected chi connectivity index (χ3v) is 6.03. The van der Waals surface area contributed by atoms with Crippen LogP contribution >= 0.6 is 0 Å². The van der Waals surface area contributed by atoms with Gasteiger partial charge < -0.3 is 9.80 Å². The maximum atomic E-state index is 13.1. The van der Waals surface area contributed by atoms with E-state index in [9.17, 15) is 9.59 Å². The Kier molecular flexibility index (Phi) is 5.75. The topological polar surface area (TPSA) is 40.6 Å². The molecule has 1 unspecified atom stereocenters. The standard InChI is InChI=1S/C24H28N2O2/c27-23-13-12-22(18-25(23)15-6-9-19-7-2-1-3-8-19)24(28)26-16-14-20-10-4-5-11-21(20)17-26/h1-5,7-8,10-11,22H,6,9,12-18H2. The largest absolute Gasteiger partial charge is 0.342 e. The first kappa shape index (κ1) is 18.7. The second-order valence-electron chi connectivity index (χ2n) is 7.94. The summed E-state index contributed by atoms with van der Waals surface area (Å²) in [5, 5.41) is 0. The Labute approximate surface area is 167 Å². The Morgan fingerprint density at radius 1 is 0.964 bits per heavy atom. The van der Waals surface area contributed by atoms with Crippen LogP contribution in [0.5, 0.6) is 0 Å². The molecule has 0 N–H and O–H groups in total. The van der Waals surface area contributed by atoms with Gasteiger partial charge in [-0.1, -0.05) is 54.6 Å². The Bertz CT molecular complexity index is 834. The number of carbonyl (C=O) groups is 2. The second-order valence-corrected chi connectivity index (χ2v) is 7.94. The molecule has 0 saturated carbocycles. The minimum absolute atomic E-state index is 0.0558. The van der Waals surface area contributed by atoms with Crippen LogP contribution in [0.4, 0.5) is 0 Å². The number of benzene rings is 2. The van der Waals surface area contributed by atoms with E-state index in [0.29, 0.717) is 25.9 Å². The molecule has 0 radical (unpaired) electrons. The molecule has 1 saturated heterocycles. The average molecular weight is 377 g/mol. The molecule has 0 aromatic heterocycles. The molecule has 2 aliphatic heterocycles. The van der Waals surface area contributed by atoms with Gasteiger partial charge in [0.1, 0.15) is 0 Å². The molecule has 4 nitrogen and oxygen atoms in total. The van der Waals surface area contributed by atoms with Gasteiger partial charge in [0.25, 0.3) is 0 Å². The van der Waals surface area contributed by atoms with Crippen molar-refractivity contribution < 1.29 is 9.59 Å². The number of nitrogens with zero attached hydrogens (tertiary/aromatic N) is 2. The summed E-state index contributed by atoms with van der Waals surface area (Å²) in [4.78, 5) is 29.3. The van der Waals surface area contributed by atoms with Gasteiger partial charge in [0.2, 0.25) is 11.8 Å². The summed E-state index contributed by atoms with van der Waals surface area (Å²) < 4.78 is 0. The van der Waals surface area contributed by atoms with Crippen molar-refractivity contribution in [2.45, 2.75) is 38.6 Å². The van der Waals surface area contributed by atoms with Gasteiger partial charge in [-0.2, -0.15) is 0 Å². The van der Waals surface area contributed by atoms with Crippen LogP contribution in [0.15, 0.2) is 54.6 Å². The minimum atomic E-state index is -0.0558. The van der Waals surface area contributed by atoms with Gasteiger partial charge in [0.05, 0.1) is 5.92 Å². The molecular weight excluding hydrogens is 348 g/mol. The van der Waals surface area contributed by atoms with Gasteiger partial charge in [0, 0.05) is 32.6 Å². The molecule has 2 aromatic rings. The smallest absolute Gasteiger partial charge is 0.227 e. The van der Waals surface area contributed by atoms with E-state index in [1.165, 1.54) is 16.7 Å². The highest BCUT2D eigenvalue weighted by atomic mass is 16.2. The summed E-state index contributed by atoms with van der Waals surface area (Å²) in [6.07, 6.45) is 4.01. The molecule has 0 aliphatic carbocycles. The number of fused-ring (bicyclic) bond motifs is 1. The number of piperidine rings is 1. The van der Waals surface area contributed by atoms with Crippen molar-refractivity contribution in [3.63, 3.8) is 0 Å². The summed E-state index contributed by atoms with van der Waals surface area (Å²) in [6.45, 7) is 2.80. The van der Waals surface area contributed by atoms with Crippen molar-refractivity contribution in [3.05, 3.63) is 71.3 Å². The van der Waals surface area contributed by atoms with Crippen LogP contribution < -0.4 is 0 Å². The van der Waals surface area contributed by atoms with Gasteiger partial charge in [0.15, 0.2) is 0 Å². The molecular formula is C24H28N2O2. The number of amides is 2. The van der Waals surface area contributed by atoms with Crippen molar-refractivity contribution in [1.82, 2.24) is 9.80 Å². The highest BCUT2D eigenvalue weighted by Crippen LogP contribution is 2.24. The molecule has 1 atom stereocenters. The van der Waals surface area contributed by atoms with Gasteiger partial charge in [-0.15, -0.1) is 0 Å². The van der Waals surface area contributed by atoms with Crippen molar-refractivity contribution >= 4 is 11.8 Å². The maximum Gasteiger partial charge on any atom is 0.227 e. The Balaban J connectivity index is 1.32. The molecule has 2 amide bonds. The lowest BCUT2D eigenvalue weighted by Crippen LogP contribution is -2.48. The maximum absolute atomic E-state index is 13.1. The lowest BCUT2D eigenvalue weighted by Gasteiger charge is -2.36. The molecule has 2 aliphatic rings. The Morgan fingerprint density at radius 3 is 2.54 bits per heavy atom. The molecule has 0 bridgehead atoms. The van der Waals surface area contributed by atoms with Crippen molar-refractivity contribution in [2.75, 3.05) is 19.6 Å². The van der Waals surface area contributed by atoms with Crippen LogP contribution in [0.2, 0.25) is 0 Å². The second kappa shape index (κ2) is 8.59. The van der Waals surface area contributed by atoms with E-state index in [1.807, 2.05) is 34.1 Å². The van der Waals surface area contributed by atoms with E-state index in [1.54, 1.807) is 0 Å². The minimum Gasteiger partial charge on any atom is -0.342 e. The fraction of sp³-hybridized carbons (Fsp3) is 0.417. The Morgan fingerprint density at radius 2 is 1.71 bits per heavy atom. The number of aryl methyl sites for hydroxylation is 1. The lowest BCUT2D eigenvalue weighted by atomic mass is 9.93. The third kappa shape index (κ3) is 4.27. The van der Waals surface area contributed by atoms with E-state index >= 15 is 0 Å². The van der Waals surface area contributed by atoms with Gasteiger partial charge >= 0.3 is 0 Å². The van der Waals surface area contributed by atoms with Gasteiger partial charge in [-0.05, 0) is 42.4 Å². The zero-order valence-corrected chi connectivity index (χ0v) is 16.3. The van der Waals surface area contributed by atoms with Crippen molar-refractivity contribution in [1.29, 1.82) is 0 Å². The van der Waals surface area contributed by atoms with E-state index in [4.69, 9.17) is 0 Å². The molecule has 2 heterocycles. The predicted octanol–water partition coefficient (Wildman–Crippen LogP) is 3.44. The number of hydrogen-bond acceptors (Lipinski definition) is 2. The normalized spacial score (nSPS) is 19.4. The number of hydrogen-bond donors (Lipinski definition) is 0. The molecule has 2 aromatic carbocycles. The first-order valence-electron chi connectivity index (χ1n) is 10.4. The zero-order chi connectivity index (χ0) is 19.3. The number of likely N-dealkylation sites (tertiary alicyclic amines) is 1. The molecule has 4 rings (SSSR count). The highest BCUT2D eigenvalue weighted by molar-refractivity contribution is 5.84. The van der Waals surface area contributed by atoms with E-state index in [-0.39, 0.29) is 17.7 Å². The fourth-order valence-corrected chi connectivity index (χ4v) is 4.39. The predicted molar refractivity (Wildman–Crippen MR) is 110 cm³/mol. The van der Waals surface area contributed by atoms with Crippen LogP contribution in [-0.4, -0.2) is 41.2 Å². The SMILES string of the molecule is O=C1CCC(C(=O)N2CCc3ccccc3C2)CN1CCCc1ccccc1. The van der Waals surface area contributed by atoms with Gasteiger partial charge in [-0.3, -0.25) is 9.59 Å². The first-order chi connectivity index (χ1) is 13.7. The molecule has 1 fully saturated rings. The third-order valence-electron chi connectivity index (χ3n) is 6.03. The van der Waals surface area contributed by atoms with Crippen LogP contribution in [0, 0.1) is 5.92 Å². The number of carbonyl (C=O) groups excluding carboxylic acids is 2. The number of rotatable bonds is 5. The molecule has 28 heavy (non-hydrogen) atoms. The van der Waals surface area contributed by atoms with Crippen molar-refractivity contribution in [2.24, 2.45) is 5.92 Å². The van der Waals surface area contributed by atoms with Crippen LogP contribution in [0.3, 0.4) is 0 Å². The quantitative estimate of drug-likeness (QED) is 0.802. The van der Waals surface area contributed by atoms with Crippen LogP contribution in [0.25, 0.3) is 0 Å². The molecule has 146 valence electrons. The average Bonchev–Trinajstić information content (AvgIpc) is 2.75. The zero-order valence-electron chi connectivity index (χ0n) is 16.3.